The summed E-state index contributed by atoms with van der Waals surface area (Å²) in [6, 6.07) is 12.6. The summed E-state index contributed by atoms with van der Waals surface area (Å²) in [5, 5.41) is 9.97. The molecule has 0 radical (unpaired) electrons. The number of sulfonamides is 1. The zero-order chi connectivity index (χ0) is 21.5. The highest BCUT2D eigenvalue weighted by molar-refractivity contribution is 7.88. The topological polar surface area (TPSA) is 90.8 Å². The van der Waals surface area contributed by atoms with Crippen LogP contribution in [0.25, 0.3) is 22.2 Å². The highest BCUT2D eigenvalue weighted by Gasteiger charge is 2.25. The van der Waals surface area contributed by atoms with Gasteiger partial charge in [0.15, 0.2) is 0 Å². The number of carboxylic acid groups (broad SMARTS) is 1. The smallest absolute Gasteiger partial charge is 0.335 e. The fourth-order valence-electron chi connectivity index (χ4n) is 3.62. The van der Waals surface area contributed by atoms with Gasteiger partial charge in [0.2, 0.25) is 10.0 Å². The number of aromatic carboxylic acids is 1. The number of anilines is 1. The molecule has 0 spiro atoms. The van der Waals surface area contributed by atoms with Gasteiger partial charge in [0.25, 0.3) is 0 Å². The van der Waals surface area contributed by atoms with Gasteiger partial charge in [0, 0.05) is 37.1 Å². The van der Waals surface area contributed by atoms with E-state index in [2.05, 4.69) is 0 Å². The van der Waals surface area contributed by atoms with Crippen LogP contribution in [0.4, 0.5) is 10.1 Å². The van der Waals surface area contributed by atoms with E-state index in [0.29, 0.717) is 42.8 Å². The molecule has 1 aromatic heterocycles. The third kappa shape index (κ3) is 3.99. The van der Waals surface area contributed by atoms with Crippen LogP contribution < -0.4 is 4.90 Å². The Bertz CT molecular complexity index is 1220. The zero-order valence-electron chi connectivity index (χ0n) is 16.2. The maximum atomic E-state index is 13.4. The van der Waals surface area contributed by atoms with Crippen molar-refractivity contribution in [2.75, 3.05) is 37.3 Å². The number of rotatable bonds is 4. The lowest BCUT2D eigenvalue weighted by Gasteiger charge is -2.35. The summed E-state index contributed by atoms with van der Waals surface area (Å²) >= 11 is 0. The van der Waals surface area contributed by atoms with Gasteiger partial charge in [-0.05, 0) is 48.5 Å². The van der Waals surface area contributed by atoms with E-state index in [9.17, 15) is 22.7 Å². The van der Waals surface area contributed by atoms with Gasteiger partial charge in [-0.1, -0.05) is 0 Å². The standard InChI is InChI=1S/C21H20FN3O4S/c1-30(28,29)25-10-8-24(9-11-25)19-13-16-12-15(21(26)27)4-7-18(16)23-20(19)14-2-5-17(22)6-3-14/h2-7,12-13H,8-11H2,1H3,(H,26,27). The summed E-state index contributed by atoms with van der Waals surface area (Å²) in [5.74, 6) is -1.38. The minimum absolute atomic E-state index is 0.159. The van der Waals surface area contributed by atoms with Gasteiger partial charge in [-0.25, -0.2) is 22.6 Å². The number of carboxylic acids is 1. The first-order valence-electron chi connectivity index (χ1n) is 9.36. The van der Waals surface area contributed by atoms with Gasteiger partial charge in [0.05, 0.1) is 28.7 Å². The summed E-state index contributed by atoms with van der Waals surface area (Å²) in [4.78, 5) is 18.1. The molecule has 1 aliphatic rings. The van der Waals surface area contributed by atoms with E-state index in [1.165, 1.54) is 28.8 Å². The second-order valence-electron chi connectivity index (χ2n) is 7.22. The Kier molecular flexibility index (Phi) is 5.17. The van der Waals surface area contributed by atoms with E-state index in [1.807, 2.05) is 11.0 Å². The molecule has 0 bridgehead atoms. The van der Waals surface area contributed by atoms with Crippen molar-refractivity contribution in [3.05, 3.63) is 59.9 Å². The van der Waals surface area contributed by atoms with Crippen molar-refractivity contribution in [1.29, 1.82) is 0 Å². The van der Waals surface area contributed by atoms with Crippen molar-refractivity contribution in [3.8, 4) is 11.3 Å². The Labute approximate surface area is 173 Å². The van der Waals surface area contributed by atoms with Crippen molar-refractivity contribution in [1.82, 2.24) is 9.29 Å². The maximum absolute atomic E-state index is 13.4. The van der Waals surface area contributed by atoms with Crippen LogP contribution in [-0.2, 0) is 10.0 Å². The molecule has 0 amide bonds. The van der Waals surface area contributed by atoms with Crippen LogP contribution in [0.2, 0.25) is 0 Å². The van der Waals surface area contributed by atoms with E-state index >= 15 is 0 Å². The lowest BCUT2D eigenvalue weighted by atomic mass is 10.0. The number of hydrogen-bond acceptors (Lipinski definition) is 5. The van der Waals surface area contributed by atoms with Crippen molar-refractivity contribution < 1.29 is 22.7 Å². The predicted octanol–water partition coefficient (Wildman–Crippen LogP) is 2.82. The summed E-state index contributed by atoms with van der Waals surface area (Å²) < 4.78 is 38.5. The summed E-state index contributed by atoms with van der Waals surface area (Å²) in [6.45, 7) is 1.62. The molecule has 0 atom stereocenters. The van der Waals surface area contributed by atoms with Gasteiger partial charge < -0.3 is 10.0 Å². The fraction of sp³-hybridized carbons (Fsp3) is 0.238. The number of piperazine rings is 1. The average Bonchev–Trinajstić information content (AvgIpc) is 2.72. The Morgan fingerprint density at radius 1 is 1.03 bits per heavy atom. The van der Waals surface area contributed by atoms with Gasteiger partial charge in [-0.3, -0.25) is 0 Å². The first kappa shape index (κ1) is 20.2. The number of benzene rings is 2. The van der Waals surface area contributed by atoms with E-state index < -0.39 is 16.0 Å². The molecule has 156 valence electrons. The van der Waals surface area contributed by atoms with Crippen molar-refractivity contribution >= 4 is 32.6 Å². The van der Waals surface area contributed by atoms with Crippen LogP contribution in [0, 0.1) is 5.82 Å². The van der Waals surface area contributed by atoms with E-state index in [-0.39, 0.29) is 11.4 Å². The van der Waals surface area contributed by atoms with E-state index in [0.717, 1.165) is 11.3 Å². The maximum Gasteiger partial charge on any atom is 0.335 e. The predicted molar refractivity (Wildman–Crippen MR) is 113 cm³/mol. The number of halogens is 1. The van der Waals surface area contributed by atoms with Crippen LogP contribution in [-0.4, -0.2) is 61.2 Å². The third-order valence-electron chi connectivity index (χ3n) is 5.21. The minimum Gasteiger partial charge on any atom is -0.478 e. The lowest BCUT2D eigenvalue weighted by molar-refractivity contribution is 0.0697. The Morgan fingerprint density at radius 3 is 2.30 bits per heavy atom. The molecule has 9 heteroatoms. The highest BCUT2D eigenvalue weighted by atomic mass is 32.2. The molecule has 1 N–H and O–H groups in total. The summed E-state index contributed by atoms with van der Waals surface area (Å²) in [5.41, 5.74) is 2.90. The van der Waals surface area contributed by atoms with Crippen LogP contribution in [0.15, 0.2) is 48.5 Å². The number of hydrogen-bond donors (Lipinski definition) is 1. The van der Waals surface area contributed by atoms with Gasteiger partial charge in [-0.2, -0.15) is 4.31 Å². The van der Waals surface area contributed by atoms with Crippen molar-refractivity contribution in [3.63, 3.8) is 0 Å². The SMILES string of the molecule is CS(=O)(=O)N1CCN(c2cc3cc(C(=O)O)ccc3nc2-c2ccc(F)cc2)CC1. The largest absolute Gasteiger partial charge is 0.478 e. The molecule has 0 aliphatic carbocycles. The highest BCUT2D eigenvalue weighted by Crippen LogP contribution is 2.33. The Balaban J connectivity index is 1.81. The lowest BCUT2D eigenvalue weighted by Crippen LogP contribution is -2.48. The monoisotopic (exact) mass is 429 g/mol. The molecule has 0 saturated carbocycles. The van der Waals surface area contributed by atoms with Crippen LogP contribution >= 0.6 is 0 Å². The molecule has 0 unspecified atom stereocenters. The summed E-state index contributed by atoms with van der Waals surface area (Å²) in [6.07, 6.45) is 1.19. The van der Waals surface area contributed by atoms with Crippen molar-refractivity contribution in [2.45, 2.75) is 0 Å². The Morgan fingerprint density at radius 2 is 1.70 bits per heavy atom. The fourth-order valence-corrected chi connectivity index (χ4v) is 4.45. The molecule has 4 rings (SSSR count). The summed E-state index contributed by atoms with van der Waals surface area (Å²) in [7, 11) is -3.26. The molecule has 2 heterocycles. The number of aromatic nitrogens is 1. The zero-order valence-corrected chi connectivity index (χ0v) is 17.1. The van der Waals surface area contributed by atoms with Gasteiger partial charge >= 0.3 is 5.97 Å². The molecular formula is C21H20FN3O4S. The number of pyridine rings is 1. The van der Waals surface area contributed by atoms with E-state index in [1.54, 1.807) is 24.3 Å². The van der Waals surface area contributed by atoms with Crippen molar-refractivity contribution in [2.24, 2.45) is 0 Å². The quantitative estimate of drug-likeness (QED) is 0.686. The second kappa shape index (κ2) is 7.66. The van der Waals surface area contributed by atoms with Crippen LogP contribution in [0.3, 0.4) is 0 Å². The first-order valence-corrected chi connectivity index (χ1v) is 11.2. The second-order valence-corrected chi connectivity index (χ2v) is 9.21. The first-order chi connectivity index (χ1) is 14.2. The average molecular weight is 429 g/mol. The molecule has 2 aromatic carbocycles. The molecule has 30 heavy (non-hydrogen) atoms. The number of carbonyl (C=O) groups is 1. The number of fused-ring (bicyclic) bond motifs is 1. The molecule has 1 saturated heterocycles. The molecule has 1 aliphatic heterocycles. The van der Waals surface area contributed by atoms with Crippen LogP contribution in [0.1, 0.15) is 10.4 Å². The Hall–Kier alpha value is -3.04. The van der Waals surface area contributed by atoms with Gasteiger partial charge in [-0.15, -0.1) is 0 Å². The normalized spacial score (nSPS) is 15.5. The van der Waals surface area contributed by atoms with Crippen LogP contribution in [0.5, 0.6) is 0 Å². The number of nitrogens with zero attached hydrogens (tertiary/aromatic N) is 3. The molecule has 7 nitrogen and oxygen atoms in total. The molecule has 3 aromatic rings. The minimum atomic E-state index is -3.26. The van der Waals surface area contributed by atoms with Gasteiger partial charge in [0.1, 0.15) is 5.82 Å². The molecule has 1 fully saturated rings. The van der Waals surface area contributed by atoms with E-state index in [4.69, 9.17) is 4.98 Å². The third-order valence-corrected chi connectivity index (χ3v) is 6.51. The molecular weight excluding hydrogens is 409 g/mol.